The predicted molar refractivity (Wildman–Crippen MR) is 89.4 cm³/mol. The zero-order valence-electron chi connectivity index (χ0n) is 14.1. The molecule has 1 N–H and O–H groups in total. The minimum atomic E-state index is 0.366. The van der Waals surface area contributed by atoms with E-state index in [2.05, 4.69) is 26.0 Å². The quantitative estimate of drug-likeness (QED) is 0.662. The summed E-state index contributed by atoms with van der Waals surface area (Å²) in [7, 11) is 1.87. The molecule has 1 unspecified atom stereocenters. The SMILES string of the molecule is CN=C(NCc1cn2c(n1)CCCC2)N1CCC2(CCOC2)C1. The Kier molecular flexibility index (Phi) is 4.01. The van der Waals surface area contributed by atoms with Crippen LogP contribution in [-0.2, 0) is 24.2 Å². The van der Waals surface area contributed by atoms with Gasteiger partial charge in [0, 0.05) is 51.3 Å². The maximum atomic E-state index is 5.62. The van der Waals surface area contributed by atoms with Crippen LogP contribution in [0.3, 0.4) is 0 Å². The molecule has 4 heterocycles. The van der Waals surface area contributed by atoms with E-state index in [1.54, 1.807) is 0 Å². The fourth-order valence-corrected chi connectivity index (χ4v) is 4.15. The lowest BCUT2D eigenvalue weighted by Gasteiger charge is -2.24. The van der Waals surface area contributed by atoms with Gasteiger partial charge in [-0.15, -0.1) is 0 Å². The Morgan fingerprint density at radius 2 is 2.35 bits per heavy atom. The van der Waals surface area contributed by atoms with E-state index in [1.165, 1.54) is 31.5 Å². The Bertz CT molecular complexity index is 564. The molecule has 0 bridgehead atoms. The lowest BCUT2D eigenvalue weighted by Crippen LogP contribution is -2.41. The molecule has 2 saturated heterocycles. The van der Waals surface area contributed by atoms with Gasteiger partial charge in [0.2, 0.25) is 0 Å². The summed E-state index contributed by atoms with van der Waals surface area (Å²) >= 11 is 0. The first-order chi connectivity index (χ1) is 11.3. The molecule has 126 valence electrons. The number of nitrogens with zero attached hydrogens (tertiary/aromatic N) is 4. The van der Waals surface area contributed by atoms with Gasteiger partial charge in [0.25, 0.3) is 0 Å². The Hall–Kier alpha value is -1.56. The number of nitrogens with one attached hydrogen (secondary N) is 1. The Labute approximate surface area is 137 Å². The maximum Gasteiger partial charge on any atom is 0.193 e. The first-order valence-corrected chi connectivity index (χ1v) is 8.86. The van der Waals surface area contributed by atoms with Crippen molar-refractivity contribution in [3.63, 3.8) is 0 Å². The van der Waals surface area contributed by atoms with E-state index in [0.717, 1.165) is 57.5 Å². The maximum absolute atomic E-state index is 5.62. The highest BCUT2D eigenvalue weighted by atomic mass is 16.5. The second-order valence-corrected chi connectivity index (χ2v) is 7.17. The average Bonchev–Trinajstić information content (AvgIpc) is 3.29. The van der Waals surface area contributed by atoms with E-state index < -0.39 is 0 Å². The molecule has 4 rings (SSSR count). The molecule has 2 fully saturated rings. The van der Waals surface area contributed by atoms with Crippen molar-refractivity contribution < 1.29 is 4.74 Å². The molecule has 0 aliphatic carbocycles. The van der Waals surface area contributed by atoms with Gasteiger partial charge >= 0.3 is 0 Å². The Morgan fingerprint density at radius 1 is 1.39 bits per heavy atom. The van der Waals surface area contributed by atoms with Gasteiger partial charge in [0.05, 0.1) is 18.8 Å². The molecule has 0 radical (unpaired) electrons. The number of hydrogen-bond acceptors (Lipinski definition) is 3. The largest absolute Gasteiger partial charge is 0.381 e. The van der Waals surface area contributed by atoms with Crippen LogP contribution in [0.5, 0.6) is 0 Å². The van der Waals surface area contributed by atoms with E-state index in [1.807, 2.05) is 7.05 Å². The van der Waals surface area contributed by atoms with E-state index in [9.17, 15) is 0 Å². The second-order valence-electron chi connectivity index (χ2n) is 7.17. The minimum Gasteiger partial charge on any atom is -0.381 e. The smallest absolute Gasteiger partial charge is 0.193 e. The zero-order chi connectivity index (χ0) is 15.7. The van der Waals surface area contributed by atoms with Crippen molar-refractivity contribution in [3.8, 4) is 0 Å². The molecule has 6 heteroatoms. The highest BCUT2D eigenvalue weighted by molar-refractivity contribution is 5.80. The third-order valence-electron chi connectivity index (χ3n) is 5.52. The number of likely N-dealkylation sites (tertiary alicyclic amines) is 1. The van der Waals surface area contributed by atoms with Crippen LogP contribution in [0, 0.1) is 5.41 Å². The Balaban J connectivity index is 1.36. The van der Waals surface area contributed by atoms with Gasteiger partial charge in [0.1, 0.15) is 5.82 Å². The van der Waals surface area contributed by atoms with Crippen LogP contribution >= 0.6 is 0 Å². The first kappa shape index (κ1) is 15.0. The summed E-state index contributed by atoms with van der Waals surface area (Å²) in [5.41, 5.74) is 1.49. The highest BCUT2D eigenvalue weighted by Crippen LogP contribution is 2.38. The van der Waals surface area contributed by atoms with Gasteiger partial charge in [-0.25, -0.2) is 4.98 Å². The average molecular weight is 317 g/mol. The van der Waals surface area contributed by atoms with Gasteiger partial charge < -0.3 is 19.5 Å². The van der Waals surface area contributed by atoms with Gasteiger partial charge in [-0.05, 0) is 25.7 Å². The van der Waals surface area contributed by atoms with Crippen molar-refractivity contribution >= 4 is 5.96 Å². The number of imidazole rings is 1. The summed E-state index contributed by atoms with van der Waals surface area (Å²) in [6.07, 6.45) is 8.26. The van der Waals surface area contributed by atoms with Crippen molar-refractivity contribution in [1.29, 1.82) is 0 Å². The number of ether oxygens (including phenoxy) is 1. The van der Waals surface area contributed by atoms with Gasteiger partial charge in [-0.3, -0.25) is 4.99 Å². The third-order valence-corrected chi connectivity index (χ3v) is 5.52. The third kappa shape index (κ3) is 2.96. The number of aryl methyl sites for hydroxylation is 2. The summed E-state index contributed by atoms with van der Waals surface area (Å²) in [6.45, 7) is 5.84. The van der Waals surface area contributed by atoms with Crippen molar-refractivity contribution in [3.05, 3.63) is 17.7 Å². The lowest BCUT2D eigenvalue weighted by atomic mass is 9.87. The number of aliphatic imine (C=N–C) groups is 1. The summed E-state index contributed by atoms with van der Waals surface area (Å²) in [5.74, 6) is 2.24. The van der Waals surface area contributed by atoms with Crippen molar-refractivity contribution in [2.75, 3.05) is 33.4 Å². The van der Waals surface area contributed by atoms with Crippen LogP contribution in [0.15, 0.2) is 11.2 Å². The Morgan fingerprint density at radius 3 is 3.13 bits per heavy atom. The number of hydrogen-bond donors (Lipinski definition) is 1. The van der Waals surface area contributed by atoms with E-state index in [0.29, 0.717) is 5.41 Å². The van der Waals surface area contributed by atoms with Crippen LogP contribution in [0.1, 0.15) is 37.2 Å². The van der Waals surface area contributed by atoms with Crippen molar-refractivity contribution in [2.45, 2.75) is 45.2 Å². The van der Waals surface area contributed by atoms with E-state index >= 15 is 0 Å². The molecule has 0 amide bonds. The van der Waals surface area contributed by atoms with E-state index in [4.69, 9.17) is 9.72 Å². The molecular weight excluding hydrogens is 290 g/mol. The minimum absolute atomic E-state index is 0.366. The number of guanidine groups is 1. The molecule has 1 spiro atoms. The first-order valence-electron chi connectivity index (χ1n) is 8.86. The monoisotopic (exact) mass is 317 g/mol. The van der Waals surface area contributed by atoms with Gasteiger partial charge in [-0.1, -0.05) is 0 Å². The fourth-order valence-electron chi connectivity index (χ4n) is 4.15. The van der Waals surface area contributed by atoms with E-state index in [-0.39, 0.29) is 0 Å². The molecule has 0 aromatic carbocycles. The summed E-state index contributed by atoms with van der Waals surface area (Å²) in [4.78, 5) is 11.6. The molecular formula is C17H27N5O. The van der Waals surface area contributed by atoms with Crippen molar-refractivity contribution in [2.24, 2.45) is 10.4 Å². The van der Waals surface area contributed by atoms with Crippen LogP contribution in [0.4, 0.5) is 0 Å². The molecule has 3 aliphatic rings. The molecule has 3 aliphatic heterocycles. The van der Waals surface area contributed by atoms with Gasteiger partial charge in [0.15, 0.2) is 5.96 Å². The summed E-state index contributed by atoms with van der Waals surface area (Å²) < 4.78 is 7.93. The van der Waals surface area contributed by atoms with Crippen LogP contribution in [0.25, 0.3) is 0 Å². The molecule has 6 nitrogen and oxygen atoms in total. The summed E-state index contributed by atoms with van der Waals surface area (Å²) in [6, 6.07) is 0. The molecule has 1 aromatic heterocycles. The molecule has 23 heavy (non-hydrogen) atoms. The van der Waals surface area contributed by atoms with Crippen LogP contribution in [-0.4, -0.2) is 53.8 Å². The second kappa shape index (κ2) is 6.15. The van der Waals surface area contributed by atoms with Crippen molar-refractivity contribution in [1.82, 2.24) is 19.8 Å². The standard InChI is InChI=1S/C17H27N5O/c1-18-16(22-8-5-17(12-22)6-9-23-13-17)19-10-14-11-21-7-3-2-4-15(21)20-14/h11H,2-10,12-13H2,1H3,(H,18,19). The predicted octanol–water partition coefficient (Wildman–Crippen LogP) is 1.41. The fraction of sp³-hybridized carbons (Fsp3) is 0.765. The van der Waals surface area contributed by atoms with Gasteiger partial charge in [-0.2, -0.15) is 0 Å². The number of fused-ring (bicyclic) bond motifs is 1. The van der Waals surface area contributed by atoms with Crippen LogP contribution < -0.4 is 5.32 Å². The number of rotatable bonds is 2. The summed E-state index contributed by atoms with van der Waals surface area (Å²) in [5, 5.41) is 3.50. The topological polar surface area (TPSA) is 54.7 Å². The molecule has 0 saturated carbocycles. The number of aromatic nitrogens is 2. The van der Waals surface area contributed by atoms with Crippen LogP contribution in [0.2, 0.25) is 0 Å². The molecule has 1 aromatic rings. The zero-order valence-corrected chi connectivity index (χ0v) is 14.1. The highest BCUT2D eigenvalue weighted by Gasteiger charge is 2.42. The normalized spacial score (nSPS) is 27.7. The molecule has 1 atom stereocenters. The lowest BCUT2D eigenvalue weighted by molar-refractivity contribution is 0.156.